The number of halogens is 4. The van der Waals surface area contributed by atoms with Crippen LogP contribution in [-0.4, -0.2) is 25.6 Å². The lowest BCUT2D eigenvalue weighted by molar-refractivity contribution is -0.384. The van der Waals surface area contributed by atoms with Gasteiger partial charge in [0.2, 0.25) is 5.91 Å². The van der Waals surface area contributed by atoms with Crippen LogP contribution in [0.2, 0.25) is 0 Å². The van der Waals surface area contributed by atoms with Crippen LogP contribution in [0.3, 0.4) is 0 Å². The Morgan fingerprint density at radius 3 is 2.55 bits per heavy atom. The molecule has 0 saturated carbocycles. The number of benzene rings is 1. The first-order chi connectivity index (χ1) is 14.7. The number of hydrogen-bond acceptors (Lipinski definition) is 6. The molecule has 9 nitrogen and oxygen atoms in total. The Balaban J connectivity index is 1.81. The van der Waals surface area contributed by atoms with E-state index in [0.29, 0.717) is 10.7 Å². The van der Waals surface area contributed by atoms with E-state index < -0.39 is 47.3 Å². The average molecular weight is 439 g/mol. The second-order valence-corrected chi connectivity index (χ2v) is 6.06. The van der Waals surface area contributed by atoms with Crippen molar-refractivity contribution in [2.45, 2.75) is 19.4 Å². The van der Waals surface area contributed by atoms with Gasteiger partial charge < -0.3 is 10.1 Å². The Hall–Kier alpha value is -4.03. The number of carbonyl (C=O) groups is 1. The standard InChI is InChI=1S/C18H13F4N5O4/c19-17(20)14-7-15(18(21)22)26(25-14)9-16(28)24-10-4-11(27(29)30)6-13(5-10)31-12-2-1-3-23-8-12/h1-8,17-18H,9H2,(H,24,28). The van der Waals surface area contributed by atoms with Gasteiger partial charge in [-0.1, -0.05) is 0 Å². The molecule has 162 valence electrons. The van der Waals surface area contributed by atoms with E-state index in [1.165, 1.54) is 18.5 Å². The number of alkyl halides is 4. The van der Waals surface area contributed by atoms with Gasteiger partial charge in [-0.25, -0.2) is 17.6 Å². The number of non-ortho nitro benzene ring substituents is 1. The zero-order chi connectivity index (χ0) is 22.5. The molecule has 0 aliphatic rings. The molecule has 0 radical (unpaired) electrons. The van der Waals surface area contributed by atoms with Crippen molar-refractivity contribution in [2.75, 3.05) is 5.32 Å². The molecular formula is C18H13F4N5O4. The smallest absolute Gasteiger partial charge is 0.282 e. The lowest BCUT2D eigenvalue weighted by atomic mass is 10.2. The fourth-order valence-electron chi connectivity index (χ4n) is 2.56. The van der Waals surface area contributed by atoms with Gasteiger partial charge in [-0.15, -0.1) is 0 Å². The van der Waals surface area contributed by atoms with E-state index in [1.54, 1.807) is 12.1 Å². The van der Waals surface area contributed by atoms with Crippen molar-refractivity contribution in [2.24, 2.45) is 0 Å². The van der Waals surface area contributed by atoms with Gasteiger partial charge in [0.15, 0.2) is 0 Å². The minimum absolute atomic E-state index is 0.00449. The third-order valence-electron chi connectivity index (χ3n) is 3.83. The summed E-state index contributed by atoms with van der Waals surface area (Å²) in [6.07, 6.45) is -3.37. The number of carbonyl (C=O) groups excluding carboxylic acids is 1. The van der Waals surface area contributed by atoms with Crippen LogP contribution < -0.4 is 10.1 Å². The average Bonchev–Trinajstić information content (AvgIpc) is 3.12. The Bertz CT molecular complexity index is 1090. The number of rotatable bonds is 8. The first-order valence-electron chi connectivity index (χ1n) is 8.54. The van der Waals surface area contributed by atoms with Crippen LogP contribution in [0, 0.1) is 10.1 Å². The number of nitrogens with one attached hydrogen (secondary N) is 1. The van der Waals surface area contributed by atoms with Crippen LogP contribution in [0.4, 0.5) is 28.9 Å². The minimum Gasteiger partial charge on any atom is -0.455 e. The number of nitro groups is 1. The Morgan fingerprint density at radius 2 is 1.94 bits per heavy atom. The van der Waals surface area contributed by atoms with Gasteiger partial charge in [0.1, 0.15) is 29.4 Å². The molecule has 0 saturated heterocycles. The summed E-state index contributed by atoms with van der Waals surface area (Å²) in [7, 11) is 0. The summed E-state index contributed by atoms with van der Waals surface area (Å²) in [5, 5.41) is 16.8. The molecule has 0 aliphatic carbocycles. The molecule has 0 bridgehead atoms. The number of nitrogens with zero attached hydrogens (tertiary/aromatic N) is 4. The maximum absolute atomic E-state index is 13.0. The normalized spacial score (nSPS) is 11.0. The first-order valence-corrected chi connectivity index (χ1v) is 8.54. The number of ether oxygens (including phenoxy) is 1. The minimum atomic E-state index is -3.13. The molecule has 3 aromatic rings. The van der Waals surface area contributed by atoms with Crippen molar-refractivity contribution in [1.29, 1.82) is 0 Å². The van der Waals surface area contributed by atoms with E-state index in [2.05, 4.69) is 15.4 Å². The molecule has 0 spiro atoms. The quantitative estimate of drug-likeness (QED) is 0.314. The van der Waals surface area contributed by atoms with Crippen LogP contribution in [0.1, 0.15) is 24.2 Å². The van der Waals surface area contributed by atoms with Crippen LogP contribution in [0.25, 0.3) is 0 Å². The summed E-state index contributed by atoms with van der Waals surface area (Å²) in [4.78, 5) is 26.6. The number of aromatic nitrogens is 3. The zero-order valence-corrected chi connectivity index (χ0v) is 15.4. The number of anilines is 1. The largest absolute Gasteiger partial charge is 0.455 e. The number of hydrogen-bond donors (Lipinski definition) is 1. The highest BCUT2D eigenvalue weighted by Gasteiger charge is 2.22. The van der Waals surface area contributed by atoms with Crippen molar-refractivity contribution in [1.82, 2.24) is 14.8 Å². The summed E-state index contributed by atoms with van der Waals surface area (Å²) in [5.41, 5.74) is -2.24. The lowest BCUT2D eigenvalue weighted by Gasteiger charge is -2.10. The third-order valence-corrected chi connectivity index (χ3v) is 3.83. The van der Waals surface area contributed by atoms with E-state index in [4.69, 9.17) is 4.74 Å². The summed E-state index contributed by atoms with van der Waals surface area (Å²) < 4.78 is 57.5. The van der Waals surface area contributed by atoms with Crippen molar-refractivity contribution in [3.63, 3.8) is 0 Å². The summed E-state index contributed by atoms with van der Waals surface area (Å²) >= 11 is 0. The molecule has 0 aliphatic heterocycles. The van der Waals surface area contributed by atoms with Gasteiger partial charge in [-0.3, -0.25) is 24.6 Å². The van der Waals surface area contributed by atoms with Crippen molar-refractivity contribution < 1.29 is 32.0 Å². The number of nitro benzene ring substituents is 1. The second-order valence-electron chi connectivity index (χ2n) is 6.06. The van der Waals surface area contributed by atoms with Crippen molar-refractivity contribution in [3.05, 3.63) is 70.3 Å². The van der Waals surface area contributed by atoms with Crippen LogP contribution in [0.15, 0.2) is 48.8 Å². The van der Waals surface area contributed by atoms with Crippen LogP contribution in [0.5, 0.6) is 11.5 Å². The summed E-state index contributed by atoms with van der Waals surface area (Å²) in [5.74, 6) is -0.638. The maximum atomic E-state index is 13.0. The predicted octanol–water partition coefficient (Wildman–Crippen LogP) is 4.49. The Kier molecular flexibility index (Phi) is 6.43. The van der Waals surface area contributed by atoms with Gasteiger partial charge in [-0.05, 0) is 18.2 Å². The van der Waals surface area contributed by atoms with Gasteiger partial charge in [-0.2, -0.15) is 5.10 Å². The molecule has 2 aromatic heterocycles. The maximum Gasteiger partial charge on any atom is 0.282 e. The van der Waals surface area contributed by atoms with E-state index in [0.717, 1.165) is 12.1 Å². The highest BCUT2D eigenvalue weighted by Crippen LogP contribution is 2.30. The highest BCUT2D eigenvalue weighted by molar-refractivity contribution is 5.91. The SMILES string of the molecule is O=C(Cn1nc(C(F)F)cc1C(F)F)Nc1cc(Oc2cccnc2)cc([N+](=O)[O-])c1. The number of amides is 1. The molecular weight excluding hydrogens is 426 g/mol. The molecule has 2 heterocycles. The van der Waals surface area contributed by atoms with Crippen LogP contribution >= 0.6 is 0 Å². The molecule has 13 heteroatoms. The molecule has 3 rings (SSSR count). The first kappa shape index (κ1) is 21.7. The predicted molar refractivity (Wildman–Crippen MR) is 98.2 cm³/mol. The van der Waals surface area contributed by atoms with Gasteiger partial charge in [0, 0.05) is 18.3 Å². The van der Waals surface area contributed by atoms with Gasteiger partial charge in [0.25, 0.3) is 18.5 Å². The molecule has 31 heavy (non-hydrogen) atoms. The Morgan fingerprint density at radius 1 is 1.16 bits per heavy atom. The molecule has 0 unspecified atom stereocenters. The Labute approximate surface area is 171 Å². The lowest BCUT2D eigenvalue weighted by Crippen LogP contribution is -2.21. The fourth-order valence-corrected chi connectivity index (χ4v) is 2.56. The molecule has 1 N–H and O–H groups in total. The van der Waals surface area contributed by atoms with E-state index in [1.807, 2.05) is 0 Å². The molecule has 0 atom stereocenters. The summed E-state index contributed by atoms with van der Waals surface area (Å²) in [6.45, 7) is -0.812. The number of pyridine rings is 1. The third kappa shape index (κ3) is 5.52. The van der Waals surface area contributed by atoms with Gasteiger partial charge in [0.05, 0.1) is 22.9 Å². The second kappa shape index (κ2) is 9.19. The fraction of sp³-hybridized carbons (Fsp3) is 0.167. The van der Waals surface area contributed by atoms with Crippen molar-refractivity contribution >= 4 is 17.3 Å². The van der Waals surface area contributed by atoms with Crippen molar-refractivity contribution in [3.8, 4) is 11.5 Å². The molecule has 1 amide bonds. The van der Waals surface area contributed by atoms with Gasteiger partial charge >= 0.3 is 0 Å². The summed E-state index contributed by atoms with van der Waals surface area (Å²) in [6, 6.07) is 7.03. The van der Waals surface area contributed by atoms with Crippen LogP contribution in [-0.2, 0) is 11.3 Å². The monoisotopic (exact) mass is 439 g/mol. The molecule has 1 aromatic carbocycles. The molecule has 0 fully saturated rings. The highest BCUT2D eigenvalue weighted by atomic mass is 19.3. The van der Waals surface area contributed by atoms with E-state index in [9.17, 15) is 32.5 Å². The van der Waals surface area contributed by atoms with E-state index in [-0.39, 0.29) is 17.2 Å². The zero-order valence-electron chi connectivity index (χ0n) is 15.4. The van der Waals surface area contributed by atoms with E-state index >= 15 is 0 Å². The topological polar surface area (TPSA) is 112 Å².